The van der Waals surface area contributed by atoms with Crippen LogP contribution in [0.1, 0.15) is 48.8 Å². The molecule has 9 heteroatoms. The average molecular weight is 543 g/mol. The maximum absolute atomic E-state index is 13.2. The van der Waals surface area contributed by atoms with E-state index in [-0.39, 0.29) is 11.6 Å². The molecule has 0 fully saturated rings. The zero-order valence-corrected chi connectivity index (χ0v) is 22.8. The first-order valence-electron chi connectivity index (χ1n) is 13.1. The molecule has 0 aliphatic heterocycles. The number of nitrogens with zero attached hydrogens (tertiary/aromatic N) is 5. The van der Waals surface area contributed by atoms with Gasteiger partial charge in [-0.3, -0.25) is 9.69 Å². The number of aromatic nitrogens is 5. The third-order valence-electron chi connectivity index (χ3n) is 6.77. The Labute approximate surface area is 232 Å². The van der Waals surface area contributed by atoms with Gasteiger partial charge in [0.15, 0.2) is 5.82 Å². The normalized spacial score (nSPS) is 12.2. The van der Waals surface area contributed by atoms with Crippen molar-refractivity contribution in [2.24, 2.45) is 0 Å². The van der Waals surface area contributed by atoms with E-state index in [2.05, 4.69) is 44.5 Å². The molecule has 2 aromatic heterocycles. The lowest BCUT2D eigenvalue weighted by molar-refractivity contribution is 0.161. The second-order valence-corrected chi connectivity index (χ2v) is 9.81. The fourth-order valence-electron chi connectivity index (χ4n) is 4.87. The Morgan fingerprint density at radius 3 is 2.51 bits per heavy atom. The number of ether oxygens (including phenoxy) is 1. The van der Waals surface area contributed by atoms with Gasteiger partial charge < -0.3 is 9.72 Å². The molecule has 0 spiro atoms. The van der Waals surface area contributed by atoms with Crippen LogP contribution in [0.2, 0.25) is 5.02 Å². The first-order chi connectivity index (χ1) is 19.1. The van der Waals surface area contributed by atoms with Crippen molar-refractivity contribution in [1.82, 2.24) is 30.1 Å². The summed E-state index contributed by atoms with van der Waals surface area (Å²) < 4.78 is 7.52. The van der Waals surface area contributed by atoms with Crippen LogP contribution in [-0.4, -0.2) is 36.7 Å². The van der Waals surface area contributed by atoms with Crippen molar-refractivity contribution in [2.45, 2.75) is 45.9 Å². The van der Waals surface area contributed by atoms with Gasteiger partial charge in [-0.1, -0.05) is 67.1 Å². The number of hydrogen-bond donors (Lipinski definition) is 1. The lowest BCUT2D eigenvalue weighted by Gasteiger charge is -2.30. The third kappa shape index (κ3) is 6.19. The van der Waals surface area contributed by atoms with Crippen LogP contribution in [0.5, 0.6) is 5.75 Å². The van der Waals surface area contributed by atoms with Crippen LogP contribution >= 0.6 is 11.6 Å². The molecule has 0 aliphatic rings. The second kappa shape index (κ2) is 12.2. The van der Waals surface area contributed by atoms with Crippen molar-refractivity contribution in [3.63, 3.8) is 0 Å². The molecule has 8 nitrogen and oxygen atoms in total. The summed E-state index contributed by atoms with van der Waals surface area (Å²) in [5.74, 6) is 1.51. The molecule has 2 heterocycles. The number of rotatable bonds is 11. The Morgan fingerprint density at radius 1 is 0.974 bits per heavy atom. The minimum absolute atomic E-state index is 0.130. The summed E-state index contributed by atoms with van der Waals surface area (Å²) in [6, 6.07) is 25.4. The monoisotopic (exact) mass is 542 g/mol. The number of pyridine rings is 1. The van der Waals surface area contributed by atoms with Crippen LogP contribution < -0.4 is 10.3 Å². The predicted octanol–water partition coefficient (Wildman–Crippen LogP) is 5.77. The molecule has 0 saturated heterocycles. The van der Waals surface area contributed by atoms with Crippen LogP contribution in [0.3, 0.4) is 0 Å². The highest BCUT2D eigenvalue weighted by Gasteiger charge is 2.26. The molecule has 1 atom stereocenters. The number of H-pyrrole nitrogens is 1. The van der Waals surface area contributed by atoms with Gasteiger partial charge in [0.1, 0.15) is 5.75 Å². The molecular weight excluding hydrogens is 512 g/mol. The minimum atomic E-state index is -0.162. The Morgan fingerprint density at radius 2 is 1.74 bits per heavy atom. The standard InChI is InChI=1S/C30H31ClN6O2/c1-3-28(29-33-34-35-37(29)18-21-10-6-5-7-11-21)36(19-22-12-8-9-13-26(22)31)20-24-16-23-17-25(39-4-2)14-15-27(23)32-30(24)38/h5-17,28H,3-4,18-20H2,1-2H3,(H,32,38)/t28-/m0/s1. The van der Waals surface area contributed by atoms with Gasteiger partial charge in [-0.05, 0) is 65.2 Å². The van der Waals surface area contributed by atoms with Gasteiger partial charge >= 0.3 is 0 Å². The van der Waals surface area contributed by atoms with Crippen molar-refractivity contribution in [2.75, 3.05) is 6.61 Å². The topological polar surface area (TPSA) is 88.9 Å². The van der Waals surface area contributed by atoms with Crippen molar-refractivity contribution >= 4 is 22.5 Å². The number of fused-ring (bicyclic) bond motifs is 1. The Kier molecular flexibility index (Phi) is 8.34. The summed E-state index contributed by atoms with van der Waals surface area (Å²) in [4.78, 5) is 18.5. The van der Waals surface area contributed by atoms with Gasteiger partial charge in [0.05, 0.1) is 19.2 Å². The van der Waals surface area contributed by atoms with E-state index in [9.17, 15) is 4.79 Å². The Bertz CT molecular complexity index is 1600. The third-order valence-corrected chi connectivity index (χ3v) is 7.14. The largest absolute Gasteiger partial charge is 0.494 e. The van der Waals surface area contributed by atoms with E-state index in [0.717, 1.165) is 40.0 Å². The molecular formula is C30H31ClN6O2. The summed E-state index contributed by atoms with van der Waals surface area (Å²) in [7, 11) is 0. The minimum Gasteiger partial charge on any atom is -0.494 e. The van der Waals surface area contributed by atoms with Crippen LogP contribution in [0.15, 0.2) is 83.7 Å². The number of halogens is 1. The summed E-state index contributed by atoms with van der Waals surface area (Å²) in [6.07, 6.45) is 0.736. The van der Waals surface area contributed by atoms with E-state index >= 15 is 0 Å². The predicted molar refractivity (Wildman–Crippen MR) is 153 cm³/mol. The van der Waals surface area contributed by atoms with Crippen molar-refractivity contribution in [1.29, 1.82) is 0 Å². The maximum Gasteiger partial charge on any atom is 0.252 e. The van der Waals surface area contributed by atoms with Gasteiger partial charge in [-0.25, -0.2) is 4.68 Å². The zero-order chi connectivity index (χ0) is 27.2. The number of tetrazole rings is 1. The highest BCUT2D eigenvalue weighted by molar-refractivity contribution is 6.31. The number of benzene rings is 3. The molecule has 3 aromatic carbocycles. The highest BCUT2D eigenvalue weighted by atomic mass is 35.5. The molecule has 5 rings (SSSR count). The van der Waals surface area contributed by atoms with Gasteiger partial charge in [-0.15, -0.1) is 5.10 Å². The summed E-state index contributed by atoms with van der Waals surface area (Å²) in [6.45, 7) is 6.08. The molecule has 0 amide bonds. The van der Waals surface area contributed by atoms with Gasteiger partial charge in [-0.2, -0.15) is 0 Å². The first kappa shape index (κ1) is 26.6. The highest BCUT2D eigenvalue weighted by Crippen LogP contribution is 2.29. The smallest absolute Gasteiger partial charge is 0.252 e. The van der Waals surface area contributed by atoms with Crippen LogP contribution in [0.4, 0.5) is 0 Å². The lowest BCUT2D eigenvalue weighted by Crippen LogP contribution is -2.32. The molecule has 0 saturated carbocycles. The van der Waals surface area contributed by atoms with Gasteiger partial charge in [0.2, 0.25) is 0 Å². The second-order valence-electron chi connectivity index (χ2n) is 9.41. The number of nitrogens with one attached hydrogen (secondary N) is 1. The lowest BCUT2D eigenvalue weighted by atomic mass is 10.1. The summed E-state index contributed by atoms with van der Waals surface area (Å²) >= 11 is 6.59. The SMILES string of the molecule is CCOc1ccc2[nH]c(=O)c(CN(Cc3ccccc3Cl)[C@@H](CC)c3nnnn3Cc3ccccc3)cc2c1. The van der Waals surface area contributed by atoms with E-state index in [0.29, 0.717) is 36.8 Å². The van der Waals surface area contributed by atoms with E-state index in [1.165, 1.54) is 0 Å². The maximum atomic E-state index is 13.2. The van der Waals surface area contributed by atoms with Crippen LogP contribution in [-0.2, 0) is 19.6 Å². The van der Waals surface area contributed by atoms with Crippen molar-refractivity contribution in [3.8, 4) is 5.75 Å². The molecule has 200 valence electrons. The van der Waals surface area contributed by atoms with Crippen molar-refractivity contribution in [3.05, 3.63) is 117 Å². The Balaban J connectivity index is 1.53. The van der Waals surface area contributed by atoms with E-state index in [1.54, 1.807) is 0 Å². The quantitative estimate of drug-likeness (QED) is 0.228. The number of aromatic amines is 1. The first-order valence-corrected chi connectivity index (χ1v) is 13.5. The van der Waals surface area contributed by atoms with E-state index < -0.39 is 0 Å². The molecule has 5 aromatic rings. The van der Waals surface area contributed by atoms with Crippen LogP contribution in [0, 0.1) is 0 Å². The fraction of sp³-hybridized carbons (Fsp3) is 0.267. The molecule has 1 N–H and O–H groups in total. The number of hydrogen-bond acceptors (Lipinski definition) is 6. The molecule has 0 aliphatic carbocycles. The van der Waals surface area contributed by atoms with E-state index in [1.807, 2.05) is 78.3 Å². The molecule has 39 heavy (non-hydrogen) atoms. The molecule has 0 bridgehead atoms. The molecule has 0 unspecified atom stereocenters. The molecule has 0 radical (unpaired) electrons. The zero-order valence-electron chi connectivity index (χ0n) is 22.0. The fourth-order valence-corrected chi connectivity index (χ4v) is 5.06. The average Bonchev–Trinajstić information content (AvgIpc) is 3.39. The summed E-state index contributed by atoms with van der Waals surface area (Å²) in [5.41, 5.74) is 3.35. The van der Waals surface area contributed by atoms with Crippen molar-refractivity contribution < 1.29 is 4.74 Å². The summed E-state index contributed by atoms with van der Waals surface area (Å²) in [5, 5.41) is 14.3. The van der Waals surface area contributed by atoms with Gasteiger partial charge in [0.25, 0.3) is 5.56 Å². The van der Waals surface area contributed by atoms with Crippen LogP contribution in [0.25, 0.3) is 10.9 Å². The van der Waals surface area contributed by atoms with Gasteiger partial charge in [0, 0.05) is 34.6 Å². The Hall–Kier alpha value is -4.01. The van der Waals surface area contributed by atoms with E-state index in [4.69, 9.17) is 16.3 Å².